The summed E-state index contributed by atoms with van der Waals surface area (Å²) in [5.74, 6) is -0.0376. The lowest BCUT2D eigenvalue weighted by Gasteiger charge is -2.19. The van der Waals surface area contributed by atoms with Gasteiger partial charge in [0.05, 0.1) is 29.7 Å². The van der Waals surface area contributed by atoms with Gasteiger partial charge in [0.1, 0.15) is 6.04 Å². The first-order valence-corrected chi connectivity index (χ1v) is 8.94. The van der Waals surface area contributed by atoms with E-state index in [1.165, 1.54) is 0 Å². The van der Waals surface area contributed by atoms with Crippen molar-refractivity contribution in [1.29, 1.82) is 0 Å². The average molecular weight is 359 g/mol. The summed E-state index contributed by atoms with van der Waals surface area (Å²) < 4.78 is 3.85. The van der Waals surface area contributed by atoms with Gasteiger partial charge < -0.3 is 14.5 Å². The number of hydrogen-bond acceptors (Lipinski definition) is 3. The number of nitrogens with zero attached hydrogens (tertiary/aromatic N) is 4. The number of carbonyl (C=O) groups excluding carboxylic acids is 1. The minimum atomic E-state index is -0.343. The topological polar surface area (TPSA) is 64.7 Å². The third-order valence-corrected chi connectivity index (χ3v) is 4.83. The quantitative estimate of drug-likeness (QED) is 0.591. The zero-order chi connectivity index (χ0) is 18.8. The maximum absolute atomic E-state index is 12.8. The first kappa shape index (κ1) is 17.0. The van der Waals surface area contributed by atoms with Crippen LogP contribution < -0.4 is 5.32 Å². The minimum Gasteiger partial charge on any atom is -0.348 e. The fourth-order valence-corrected chi connectivity index (χ4v) is 3.18. The van der Waals surface area contributed by atoms with Gasteiger partial charge in [0, 0.05) is 18.1 Å². The minimum absolute atomic E-state index is 0.0376. The second kappa shape index (κ2) is 7.07. The Morgan fingerprint density at radius 2 is 1.81 bits per heavy atom. The smallest absolute Gasteiger partial charge is 0.243 e. The van der Waals surface area contributed by atoms with Crippen LogP contribution >= 0.6 is 0 Å². The molecular formula is C21H21N5O. The van der Waals surface area contributed by atoms with Crippen LogP contribution in [0.4, 0.5) is 0 Å². The number of para-hydroxylation sites is 2. The van der Waals surface area contributed by atoms with Crippen LogP contribution in [-0.2, 0) is 4.79 Å². The number of nitrogens with one attached hydrogen (secondary N) is 1. The van der Waals surface area contributed by atoms with E-state index in [-0.39, 0.29) is 18.0 Å². The van der Waals surface area contributed by atoms with Crippen LogP contribution in [0.25, 0.3) is 16.7 Å². The predicted molar refractivity (Wildman–Crippen MR) is 105 cm³/mol. The second-order valence-corrected chi connectivity index (χ2v) is 6.61. The van der Waals surface area contributed by atoms with Crippen molar-refractivity contribution in [3.05, 3.63) is 79.1 Å². The highest BCUT2D eigenvalue weighted by Gasteiger charge is 2.19. The predicted octanol–water partition coefficient (Wildman–Crippen LogP) is 3.66. The lowest BCUT2D eigenvalue weighted by atomic mass is 10.1. The summed E-state index contributed by atoms with van der Waals surface area (Å²) in [5.41, 5.74) is 3.93. The monoisotopic (exact) mass is 359 g/mol. The van der Waals surface area contributed by atoms with Gasteiger partial charge in [0.15, 0.2) is 0 Å². The molecule has 0 aliphatic rings. The number of rotatable bonds is 5. The fourth-order valence-electron chi connectivity index (χ4n) is 3.18. The molecule has 2 aromatic heterocycles. The Bertz CT molecular complexity index is 1050. The number of carbonyl (C=O) groups is 1. The number of imidazole rings is 2. The van der Waals surface area contributed by atoms with Crippen molar-refractivity contribution >= 4 is 16.9 Å². The molecule has 6 heteroatoms. The molecule has 0 bridgehead atoms. The molecule has 1 N–H and O–H groups in total. The lowest BCUT2D eigenvalue weighted by Crippen LogP contribution is -2.32. The van der Waals surface area contributed by atoms with Crippen molar-refractivity contribution in [2.45, 2.75) is 25.9 Å². The maximum atomic E-state index is 12.8. The molecule has 0 aliphatic carbocycles. The van der Waals surface area contributed by atoms with E-state index < -0.39 is 0 Å². The molecule has 2 aromatic carbocycles. The van der Waals surface area contributed by atoms with E-state index in [1.807, 2.05) is 77.7 Å². The van der Waals surface area contributed by atoms with Gasteiger partial charge in [-0.1, -0.05) is 24.3 Å². The van der Waals surface area contributed by atoms with Gasteiger partial charge in [0.2, 0.25) is 5.91 Å². The van der Waals surface area contributed by atoms with Crippen LogP contribution in [0.15, 0.2) is 73.6 Å². The average Bonchev–Trinajstić information content (AvgIpc) is 3.37. The Balaban J connectivity index is 1.47. The molecule has 0 fully saturated rings. The van der Waals surface area contributed by atoms with Crippen molar-refractivity contribution in [2.75, 3.05) is 0 Å². The molecule has 0 aliphatic heterocycles. The Morgan fingerprint density at radius 3 is 2.56 bits per heavy atom. The normalized spacial score (nSPS) is 13.4. The number of amides is 1. The largest absolute Gasteiger partial charge is 0.348 e. The second-order valence-electron chi connectivity index (χ2n) is 6.61. The van der Waals surface area contributed by atoms with Gasteiger partial charge in [0.25, 0.3) is 0 Å². The van der Waals surface area contributed by atoms with Gasteiger partial charge in [-0.3, -0.25) is 4.79 Å². The summed E-state index contributed by atoms with van der Waals surface area (Å²) in [7, 11) is 0. The van der Waals surface area contributed by atoms with Gasteiger partial charge >= 0.3 is 0 Å². The molecular weight excluding hydrogens is 338 g/mol. The van der Waals surface area contributed by atoms with Crippen LogP contribution in [0.5, 0.6) is 0 Å². The van der Waals surface area contributed by atoms with Crippen molar-refractivity contribution in [2.24, 2.45) is 0 Å². The summed E-state index contributed by atoms with van der Waals surface area (Å²) in [5, 5.41) is 3.10. The maximum Gasteiger partial charge on any atom is 0.243 e. The summed E-state index contributed by atoms with van der Waals surface area (Å²) in [6.07, 6.45) is 7.13. The van der Waals surface area contributed by atoms with E-state index in [0.717, 1.165) is 22.3 Å². The fraction of sp³-hybridized carbons (Fsp3) is 0.190. The highest BCUT2D eigenvalue weighted by molar-refractivity contribution is 5.83. The van der Waals surface area contributed by atoms with Crippen molar-refractivity contribution < 1.29 is 4.79 Å². The van der Waals surface area contributed by atoms with Gasteiger partial charge in [-0.2, -0.15) is 0 Å². The van der Waals surface area contributed by atoms with E-state index in [2.05, 4.69) is 15.3 Å². The molecule has 0 saturated heterocycles. The van der Waals surface area contributed by atoms with Crippen LogP contribution in [0.1, 0.15) is 31.5 Å². The molecule has 2 heterocycles. The zero-order valence-electron chi connectivity index (χ0n) is 15.3. The molecule has 2 atom stereocenters. The molecule has 4 rings (SSSR count). The SMILES string of the molecule is C[C@H](NC(=O)[C@@H](C)n1cnc2ccccc21)c1ccc(-n2ccnc2)cc1. The van der Waals surface area contributed by atoms with E-state index in [1.54, 1.807) is 18.9 Å². The number of hydrogen-bond donors (Lipinski definition) is 1. The molecule has 0 unspecified atom stereocenters. The van der Waals surface area contributed by atoms with Gasteiger partial charge in [-0.05, 0) is 43.7 Å². The number of aromatic nitrogens is 4. The van der Waals surface area contributed by atoms with E-state index in [4.69, 9.17) is 0 Å². The molecule has 0 radical (unpaired) electrons. The van der Waals surface area contributed by atoms with Gasteiger partial charge in [-0.15, -0.1) is 0 Å². The molecule has 0 saturated carbocycles. The highest BCUT2D eigenvalue weighted by Crippen LogP contribution is 2.20. The third kappa shape index (κ3) is 3.33. The van der Waals surface area contributed by atoms with E-state index in [9.17, 15) is 4.79 Å². The van der Waals surface area contributed by atoms with Crippen molar-refractivity contribution in [3.63, 3.8) is 0 Å². The van der Waals surface area contributed by atoms with Crippen LogP contribution in [-0.4, -0.2) is 25.0 Å². The molecule has 0 spiro atoms. The van der Waals surface area contributed by atoms with Crippen LogP contribution in [0, 0.1) is 0 Å². The Hall–Kier alpha value is -3.41. The first-order valence-electron chi connectivity index (χ1n) is 8.94. The van der Waals surface area contributed by atoms with Crippen molar-refractivity contribution in [3.8, 4) is 5.69 Å². The number of fused-ring (bicyclic) bond motifs is 1. The van der Waals surface area contributed by atoms with Crippen LogP contribution in [0.3, 0.4) is 0 Å². The summed E-state index contributed by atoms with van der Waals surface area (Å²) >= 11 is 0. The highest BCUT2D eigenvalue weighted by atomic mass is 16.2. The zero-order valence-corrected chi connectivity index (χ0v) is 15.3. The van der Waals surface area contributed by atoms with Gasteiger partial charge in [-0.25, -0.2) is 9.97 Å². The third-order valence-electron chi connectivity index (χ3n) is 4.83. The summed E-state index contributed by atoms with van der Waals surface area (Å²) in [6.45, 7) is 3.88. The molecule has 27 heavy (non-hydrogen) atoms. The molecule has 4 aromatic rings. The lowest BCUT2D eigenvalue weighted by molar-refractivity contribution is -0.124. The number of benzene rings is 2. The van der Waals surface area contributed by atoms with Crippen molar-refractivity contribution in [1.82, 2.24) is 24.4 Å². The Morgan fingerprint density at radius 1 is 1.04 bits per heavy atom. The standard InChI is InChI=1S/C21H21N5O/c1-15(17-7-9-18(10-8-17)25-12-11-22-13-25)24-21(27)16(2)26-14-23-19-5-3-4-6-20(19)26/h3-16H,1-2H3,(H,24,27)/t15-,16+/m0/s1. The van der Waals surface area contributed by atoms with E-state index >= 15 is 0 Å². The molecule has 136 valence electrons. The van der Waals surface area contributed by atoms with Crippen LogP contribution in [0.2, 0.25) is 0 Å². The summed E-state index contributed by atoms with van der Waals surface area (Å²) in [4.78, 5) is 21.2. The molecule has 6 nitrogen and oxygen atoms in total. The van der Waals surface area contributed by atoms with E-state index in [0.29, 0.717) is 0 Å². The Kier molecular flexibility index (Phi) is 4.46. The summed E-state index contributed by atoms with van der Waals surface area (Å²) in [6, 6.07) is 15.5. The Labute approximate surface area is 157 Å². The first-order chi connectivity index (χ1) is 13.1. The molecule has 1 amide bonds.